The third-order valence-corrected chi connectivity index (χ3v) is 4.42. The van der Waals surface area contributed by atoms with E-state index in [4.69, 9.17) is 12.2 Å². The maximum absolute atomic E-state index is 5.48. The number of aromatic amines is 2. The molecule has 126 valence electrons. The minimum Gasteiger partial charge on any atom is -0.281 e. The van der Waals surface area contributed by atoms with E-state index < -0.39 is 0 Å². The lowest BCUT2D eigenvalue weighted by atomic mass is 9.92. The SMILES string of the molecule is CC(C)(C)c1cc(-c2n[nH]c(=S)n2-c2cccc3ncccc23)n[nH]1. The molecule has 1 aromatic carbocycles. The first-order valence-corrected chi connectivity index (χ1v) is 8.44. The van der Waals surface area contributed by atoms with Crippen LogP contribution in [-0.4, -0.2) is 29.9 Å². The van der Waals surface area contributed by atoms with E-state index in [1.807, 2.05) is 41.0 Å². The minimum absolute atomic E-state index is 0.0213. The minimum atomic E-state index is -0.0213. The topological polar surface area (TPSA) is 75.2 Å². The van der Waals surface area contributed by atoms with Crippen LogP contribution >= 0.6 is 12.2 Å². The van der Waals surface area contributed by atoms with Crippen molar-refractivity contribution in [3.8, 4) is 17.2 Å². The first kappa shape index (κ1) is 15.7. The van der Waals surface area contributed by atoms with Crippen molar-refractivity contribution < 1.29 is 0 Å². The molecular weight excluding hydrogens is 332 g/mol. The maximum atomic E-state index is 5.48. The van der Waals surface area contributed by atoms with Gasteiger partial charge in [0.15, 0.2) is 10.6 Å². The standard InChI is InChI=1S/C18H18N6S/c1-18(2,3)15-10-13(20-21-15)16-22-23-17(25)24(16)14-8-4-7-12-11(14)6-5-9-19-12/h4-10H,1-3H3,(H,20,21)(H,23,25). The van der Waals surface area contributed by atoms with Gasteiger partial charge in [-0.2, -0.15) is 10.2 Å². The van der Waals surface area contributed by atoms with Crippen LogP contribution in [0.15, 0.2) is 42.6 Å². The number of pyridine rings is 1. The van der Waals surface area contributed by atoms with Crippen LogP contribution in [0.2, 0.25) is 0 Å². The molecule has 3 heterocycles. The van der Waals surface area contributed by atoms with Gasteiger partial charge in [-0.1, -0.05) is 26.8 Å². The van der Waals surface area contributed by atoms with E-state index >= 15 is 0 Å². The average Bonchev–Trinajstić information content (AvgIpc) is 3.21. The molecule has 25 heavy (non-hydrogen) atoms. The number of hydrogen-bond donors (Lipinski definition) is 2. The van der Waals surface area contributed by atoms with Gasteiger partial charge in [-0.3, -0.25) is 19.7 Å². The molecule has 7 heteroatoms. The Hall–Kier alpha value is -2.80. The van der Waals surface area contributed by atoms with Gasteiger partial charge >= 0.3 is 0 Å². The summed E-state index contributed by atoms with van der Waals surface area (Å²) in [6, 6.07) is 11.9. The third kappa shape index (κ3) is 2.66. The molecule has 4 aromatic rings. The van der Waals surface area contributed by atoms with Crippen LogP contribution in [0.5, 0.6) is 0 Å². The highest BCUT2D eigenvalue weighted by Gasteiger charge is 2.20. The lowest BCUT2D eigenvalue weighted by Crippen LogP contribution is -2.11. The quantitative estimate of drug-likeness (QED) is 0.532. The lowest BCUT2D eigenvalue weighted by Gasteiger charge is -2.14. The number of H-pyrrole nitrogens is 2. The monoisotopic (exact) mass is 350 g/mol. The lowest BCUT2D eigenvalue weighted by molar-refractivity contribution is 0.567. The molecule has 3 aromatic heterocycles. The zero-order valence-electron chi connectivity index (χ0n) is 14.2. The zero-order chi connectivity index (χ0) is 17.6. The molecule has 0 bridgehead atoms. The second kappa shape index (κ2) is 5.63. The molecular formula is C18H18N6S. The molecule has 0 atom stereocenters. The van der Waals surface area contributed by atoms with Crippen LogP contribution in [-0.2, 0) is 5.41 Å². The summed E-state index contributed by atoms with van der Waals surface area (Å²) in [7, 11) is 0. The highest BCUT2D eigenvalue weighted by molar-refractivity contribution is 7.71. The molecule has 0 amide bonds. The van der Waals surface area contributed by atoms with Crippen LogP contribution in [0, 0.1) is 4.77 Å². The summed E-state index contributed by atoms with van der Waals surface area (Å²) in [4.78, 5) is 4.42. The van der Waals surface area contributed by atoms with Gasteiger partial charge in [-0.15, -0.1) is 0 Å². The summed E-state index contributed by atoms with van der Waals surface area (Å²) >= 11 is 5.48. The highest BCUT2D eigenvalue weighted by atomic mass is 32.1. The zero-order valence-corrected chi connectivity index (χ0v) is 15.1. The van der Waals surface area contributed by atoms with Crippen LogP contribution < -0.4 is 0 Å². The van der Waals surface area contributed by atoms with Gasteiger partial charge in [0.2, 0.25) is 0 Å². The van der Waals surface area contributed by atoms with Crippen LogP contribution in [0.25, 0.3) is 28.1 Å². The largest absolute Gasteiger partial charge is 0.281 e. The fraction of sp³-hybridized carbons (Fsp3) is 0.222. The van der Waals surface area contributed by atoms with Crippen LogP contribution in [0.4, 0.5) is 0 Å². The Morgan fingerprint density at radius 1 is 1.04 bits per heavy atom. The number of hydrogen-bond acceptors (Lipinski definition) is 4. The van der Waals surface area contributed by atoms with Crippen LogP contribution in [0.3, 0.4) is 0 Å². The average molecular weight is 350 g/mol. The second-order valence-electron chi connectivity index (χ2n) is 6.95. The second-order valence-corrected chi connectivity index (χ2v) is 7.34. The van der Waals surface area contributed by atoms with E-state index in [1.54, 1.807) is 6.20 Å². The number of benzene rings is 1. The molecule has 0 radical (unpaired) electrons. The van der Waals surface area contributed by atoms with E-state index in [0.29, 0.717) is 10.6 Å². The van der Waals surface area contributed by atoms with E-state index in [0.717, 1.165) is 28.0 Å². The predicted molar refractivity (Wildman–Crippen MR) is 100 cm³/mol. The van der Waals surface area contributed by atoms with E-state index in [2.05, 4.69) is 46.1 Å². The Balaban J connectivity index is 1.94. The molecule has 0 spiro atoms. The normalized spacial score (nSPS) is 12.0. The first-order valence-electron chi connectivity index (χ1n) is 8.03. The molecule has 4 rings (SSSR count). The van der Waals surface area contributed by atoms with Gasteiger partial charge < -0.3 is 0 Å². The van der Waals surface area contributed by atoms with Crippen LogP contribution in [0.1, 0.15) is 26.5 Å². The summed E-state index contributed by atoms with van der Waals surface area (Å²) in [5.74, 6) is 0.674. The van der Waals surface area contributed by atoms with E-state index in [-0.39, 0.29) is 5.41 Å². The van der Waals surface area contributed by atoms with E-state index in [1.165, 1.54) is 0 Å². The Bertz CT molecular complexity index is 1110. The van der Waals surface area contributed by atoms with Crippen molar-refractivity contribution in [2.75, 3.05) is 0 Å². The Labute approximate surface area is 149 Å². The maximum Gasteiger partial charge on any atom is 0.200 e. The van der Waals surface area contributed by atoms with Crippen molar-refractivity contribution in [1.82, 2.24) is 29.9 Å². The first-order chi connectivity index (χ1) is 11.9. The van der Waals surface area contributed by atoms with Gasteiger partial charge in [0, 0.05) is 22.7 Å². The molecule has 0 saturated heterocycles. The molecule has 0 aliphatic heterocycles. The van der Waals surface area contributed by atoms with Gasteiger partial charge in [-0.25, -0.2) is 0 Å². The summed E-state index contributed by atoms with van der Waals surface area (Å²) < 4.78 is 2.42. The smallest absolute Gasteiger partial charge is 0.200 e. The number of rotatable bonds is 2. The summed E-state index contributed by atoms with van der Waals surface area (Å²) in [5.41, 5.74) is 3.61. The number of nitrogens with one attached hydrogen (secondary N) is 2. The Morgan fingerprint density at radius 2 is 1.88 bits per heavy atom. The number of nitrogens with zero attached hydrogens (tertiary/aromatic N) is 4. The van der Waals surface area contributed by atoms with Crippen molar-refractivity contribution in [1.29, 1.82) is 0 Å². The van der Waals surface area contributed by atoms with Gasteiger partial charge in [0.1, 0.15) is 5.69 Å². The highest BCUT2D eigenvalue weighted by Crippen LogP contribution is 2.28. The van der Waals surface area contributed by atoms with Crippen molar-refractivity contribution in [2.24, 2.45) is 0 Å². The fourth-order valence-corrected chi connectivity index (χ4v) is 3.03. The Morgan fingerprint density at radius 3 is 2.64 bits per heavy atom. The molecule has 0 saturated carbocycles. The van der Waals surface area contributed by atoms with Gasteiger partial charge in [0.05, 0.1) is 11.2 Å². The van der Waals surface area contributed by atoms with Gasteiger partial charge in [0.25, 0.3) is 0 Å². The molecule has 0 fully saturated rings. The molecule has 0 unspecified atom stereocenters. The fourth-order valence-electron chi connectivity index (χ4n) is 2.79. The number of aromatic nitrogens is 6. The summed E-state index contributed by atoms with van der Waals surface area (Å²) in [5, 5.41) is 15.9. The Kier molecular flexibility index (Phi) is 3.54. The molecule has 0 aliphatic carbocycles. The predicted octanol–water partition coefficient (Wildman–Crippen LogP) is 4.17. The van der Waals surface area contributed by atoms with Crippen molar-refractivity contribution >= 4 is 23.1 Å². The molecule has 6 nitrogen and oxygen atoms in total. The van der Waals surface area contributed by atoms with Crippen molar-refractivity contribution in [3.05, 3.63) is 53.1 Å². The summed E-state index contributed by atoms with van der Waals surface area (Å²) in [6.07, 6.45) is 1.78. The molecule has 0 aliphatic rings. The third-order valence-electron chi connectivity index (χ3n) is 4.15. The summed E-state index contributed by atoms with van der Waals surface area (Å²) in [6.45, 7) is 6.41. The van der Waals surface area contributed by atoms with E-state index in [9.17, 15) is 0 Å². The van der Waals surface area contributed by atoms with Crippen molar-refractivity contribution in [3.63, 3.8) is 0 Å². The number of fused-ring (bicyclic) bond motifs is 1. The molecule has 2 N–H and O–H groups in total. The van der Waals surface area contributed by atoms with Crippen molar-refractivity contribution in [2.45, 2.75) is 26.2 Å². The van der Waals surface area contributed by atoms with Gasteiger partial charge in [-0.05, 0) is 42.5 Å².